The summed E-state index contributed by atoms with van der Waals surface area (Å²) in [6.45, 7) is 6.49. The van der Waals surface area contributed by atoms with Crippen LogP contribution in [0.15, 0.2) is 29.0 Å². The van der Waals surface area contributed by atoms with Crippen LogP contribution in [0.2, 0.25) is 0 Å². The molecule has 2 unspecified atom stereocenters. The molecular formula is C15H20BrN3O. The zero-order valence-corrected chi connectivity index (χ0v) is 13.6. The van der Waals surface area contributed by atoms with Crippen molar-refractivity contribution in [1.29, 1.82) is 0 Å². The standard InChI is InChI=1S/C15H20BrN3O/c1-4-10(2)15(3,20)9-19-12-5-6-17-13-7-11(16)8-18-14(12)13/h5-8,10,20H,4,9H2,1-3H3,(H,17,19). The van der Waals surface area contributed by atoms with E-state index in [0.29, 0.717) is 6.54 Å². The van der Waals surface area contributed by atoms with E-state index in [0.717, 1.165) is 27.6 Å². The highest BCUT2D eigenvalue weighted by atomic mass is 79.9. The van der Waals surface area contributed by atoms with E-state index < -0.39 is 5.60 Å². The molecule has 0 saturated heterocycles. The molecule has 2 aromatic heterocycles. The number of nitrogens with one attached hydrogen (secondary N) is 1. The van der Waals surface area contributed by atoms with E-state index >= 15 is 0 Å². The van der Waals surface area contributed by atoms with Gasteiger partial charge in [0, 0.05) is 23.4 Å². The van der Waals surface area contributed by atoms with Crippen LogP contribution in [0.1, 0.15) is 27.2 Å². The SMILES string of the molecule is CCC(C)C(C)(O)CNc1ccnc2cc(Br)cnc12. The number of anilines is 1. The molecule has 0 aliphatic rings. The monoisotopic (exact) mass is 337 g/mol. The van der Waals surface area contributed by atoms with Gasteiger partial charge >= 0.3 is 0 Å². The van der Waals surface area contributed by atoms with E-state index in [-0.39, 0.29) is 5.92 Å². The lowest BCUT2D eigenvalue weighted by molar-refractivity contribution is 0.0176. The summed E-state index contributed by atoms with van der Waals surface area (Å²) < 4.78 is 0.904. The molecule has 4 nitrogen and oxygen atoms in total. The lowest BCUT2D eigenvalue weighted by Crippen LogP contribution is -2.39. The number of fused-ring (bicyclic) bond motifs is 1. The highest BCUT2D eigenvalue weighted by Gasteiger charge is 2.26. The number of hydrogen-bond donors (Lipinski definition) is 2. The van der Waals surface area contributed by atoms with Crippen LogP contribution in [0.25, 0.3) is 11.0 Å². The van der Waals surface area contributed by atoms with E-state index in [9.17, 15) is 5.11 Å². The van der Waals surface area contributed by atoms with E-state index in [1.54, 1.807) is 12.4 Å². The Morgan fingerprint density at radius 2 is 2.20 bits per heavy atom. The number of hydrogen-bond acceptors (Lipinski definition) is 4. The van der Waals surface area contributed by atoms with Crippen molar-refractivity contribution in [3.05, 3.63) is 29.0 Å². The van der Waals surface area contributed by atoms with Crippen molar-refractivity contribution in [1.82, 2.24) is 9.97 Å². The number of aliphatic hydroxyl groups is 1. The number of nitrogens with zero attached hydrogens (tertiary/aromatic N) is 2. The topological polar surface area (TPSA) is 58.0 Å². The molecule has 2 heterocycles. The number of halogens is 1. The van der Waals surface area contributed by atoms with E-state index in [1.807, 2.05) is 19.1 Å². The second kappa shape index (κ2) is 6.06. The predicted molar refractivity (Wildman–Crippen MR) is 85.8 cm³/mol. The predicted octanol–water partition coefficient (Wildman–Crippen LogP) is 3.60. The summed E-state index contributed by atoms with van der Waals surface area (Å²) in [5.41, 5.74) is 1.79. The molecule has 0 aromatic carbocycles. The molecule has 2 atom stereocenters. The third-order valence-corrected chi connectivity index (χ3v) is 4.29. The number of aromatic nitrogens is 2. The number of rotatable bonds is 5. The molecule has 20 heavy (non-hydrogen) atoms. The summed E-state index contributed by atoms with van der Waals surface area (Å²) in [6.07, 6.45) is 4.44. The van der Waals surface area contributed by atoms with Crippen molar-refractivity contribution in [2.75, 3.05) is 11.9 Å². The van der Waals surface area contributed by atoms with Gasteiger partial charge in [-0.15, -0.1) is 0 Å². The van der Waals surface area contributed by atoms with Crippen LogP contribution in [0.3, 0.4) is 0 Å². The normalized spacial score (nSPS) is 15.8. The Morgan fingerprint density at radius 3 is 2.90 bits per heavy atom. The van der Waals surface area contributed by atoms with Crippen molar-refractivity contribution < 1.29 is 5.11 Å². The summed E-state index contributed by atoms with van der Waals surface area (Å²) >= 11 is 3.39. The average molecular weight is 338 g/mol. The molecule has 2 rings (SSSR count). The van der Waals surface area contributed by atoms with E-state index in [1.165, 1.54) is 0 Å². The molecule has 108 valence electrons. The maximum absolute atomic E-state index is 10.5. The van der Waals surface area contributed by atoms with Gasteiger partial charge in [-0.2, -0.15) is 0 Å². The van der Waals surface area contributed by atoms with Gasteiger partial charge in [0.2, 0.25) is 0 Å². The van der Waals surface area contributed by atoms with Crippen molar-refractivity contribution in [3.63, 3.8) is 0 Å². The molecular weight excluding hydrogens is 318 g/mol. The highest BCUT2D eigenvalue weighted by molar-refractivity contribution is 9.10. The van der Waals surface area contributed by atoms with Crippen LogP contribution in [0.4, 0.5) is 5.69 Å². The van der Waals surface area contributed by atoms with Gasteiger partial charge in [0.15, 0.2) is 0 Å². The molecule has 0 bridgehead atoms. The van der Waals surface area contributed by atoms with Gasteiger partial charge in [0.1, 0.15) is 5.52 Å². The maximum atomic E-state index is 10.5. The van der Waals surface area contributed by atoms with Gasteiger partial charge in [-0.25, -0.2) is 0 Å². The quantitative estimate of drug-likeness (QED) is 0.875. The van der Waals surface area contributed by atoms with Gasteiger partial charge in [0.25, 0.3) is 0 Å². The van der Waals surface area contributed by atoms with Crippen LogP contribution in [0, 0.1) is 5.92 Å². The molecule has 5 heteroatoms. The molecule has 0 aliphatic carbocycles. The Morgan fingerprint density at radius 1 is 1.45 bits per heavy atom. The van der Waals surface area contributed by atoms with Crippen LogP contribution >= 0.6 is 15.9 Å². The van der Waals surface area contributed by atoms with Crippen LogP contribution in [-0.2, 0) is 0 Å². The first kappa shape index (κ1) is 15.2. The Balaban J connectivity index is 2.22. The molecule has 2 N–H and O–H groups in total. The Labute approximate surface area is 127 Å². The molecule has 0 fully saturated rings. The van der Waals surface area contributed by atoms with Crippen LogP contribution in [-0.4, -0.2) is 27.2 Å². The summed E-state index contributed by atoms with van der Waals surface area (Å²) in [5.74, 6) is 0.227. The Bertz CT molecular complexity index is 601. The summed E-state index contributed by atoms with van der Waals surface area (Å²) in [4.78, 5) is 8.70. The van der Waals surface area contributed by atoms with Crippen molar-refractivity contribution >= 4 is 32.7 Å². The zero-order valence-electron chi connectivity index (χ0n) is 12.0. The van der Waals surface area contributed by atoms with Gasteiger partial charge in [-0.1, -0.05) is 20.3 Å². The van der Waals surface area contributed by atoms with E-state index in [4.69, 9.17) is 0 Å². The van der Waals surface area contributed by atoms with Crippen molar-refractivity contribution in [2.45, 2.75) is 32.8 Å². The summed E-state index contributed by atoms with van der Waals surface area (Å²) in [7, 11) is 0. The Kier molecular flexibility index (Phi) is 4.60. The van der Waals surface area contributed by atoms with Gasteiger partial charge in [0.05, 0.1) is 16.8 Å². The van der Waals surface area contributed by atoms with Gasteiger partial charge in [-0.05, 0) is 40.9 Å². The third-order valence-electron chi connectivity index (χ3n) is 3.85. The second-order valence-electron chi connectivity index (χ2n) is 5.40. The van der Waals surface area contributed by atoms with Gasteiger partial charge in [-0.3, -0.25) is 9.97 Å². The second-order valence-corrected chi connectivity index (χ2v) is 6.32. The van der Waals surface area contributed by atoms with Gasteiger partial charge < -0.3 is 10.4 Å². The van der Waals surface area contributed by atoms with Crippen molar-refractivity contribution in [3.8, 4) is 0 Å². The number of pyridine rings is 2. The minimum absolute atomic E-state index is 0.227. The molecule has 0 amide bonds. The smallest absolute Gasteiger partial charge is 0.112 e. The largest absolute Gasteiger partial charge is 0.388 e. The first-order valence-electron chi connectivity index (χ1n) is 6.80. The van der Waals surface area contributed by atoms with Crippen molar-refractivity contribution in [2.24, 2.45) is 5.92 Å². The van der Waals surface area contributed by atoms with Crippen LogP contribution in [0.5, 0.6) is 0 Å². The molecule has 0 aliphatic heterocycles. The Hall–Kier alpha value is -1.20. The third kappa shape index (κ3) is 3.27. The minimum atomic E-state index is -0.750. The molecule has 0 spiro atoms. The first-order chi connectivity index (χ1) is 9.44. The highest BCUT2D eigenvalue weighted by Crippen LogP contribution is 2.24. The first-order valence-corrected chi connectivity index (χ1v) is 7.60. The fraction of sp³-hybridized carbons (Fsp3) is 0.467. The molecule has 2 aromatic rings. The van der Waals surface area contributed by atoms with Crippen LogP contribution < -0.4 is 5.32 Å². The fourth-order valence-electron chi connectivity index (χ4n) is 2.04. The zero-order chi connectivity index (χ0) is 14.8. The maximum Gasteiger partial charge on any atom is 0.112 e. The van der Waals surface area contributed by atoms with E-state index in [2.05, 4.69) is 45.1 Å². The lowest BCUT2D eigenvalue weighted by atomic mass is 9.88. The summed E-state index contributed by atoms with van der Waals surface area (Å²) in [6, 6.07) is 3.82. The average Bonchev–Trinajstić information content (AvgIpc) is 2.43. The fourth-order valence-corrected chi connectivity index (χ4v) is 2.36. The summed E-state index contributed by atoms with van der Waals surface area (Å²) in [5, 5.41) is 13.7. The lowest BCUT2D eigenvalue weighted by Gasteiger charge is -2.30. The molecule has 0 radical (unpaired) electrons. The minimum Gasteiger partial charge on any atom is -0.388 e. The molecule has 0 saturated carbocycles.